The standard InChI is InChI=1S/C5H10O4/c1-3(7)5(9)4(8)2-6/h2-5,7-9H,1H3/t3-,4+,5+/m1/s1. The molecule has 0 radical (unpaired) electrons. The van der Waals surface area contributed by atoms with Gasteiger partial charge in [0, 0.05) is 0 Å². The van der Waals surface area contributed by atoms with Crippen molar-refractivity contribution in [3.05, 3.63) is 0 Å². The Morgan fingerprint density at radius 1 is 1.33 bits per heavy atom. The van der Waals surface area contributed by atoms with Gasteiger partial charge in [-0.25, -0.2) is 0 Å². The van der Waals surface area contributed by atoms with Crippen LogP contribution in [0, 0.1) is 0 Å². The highest BCUT2D eigenvalue weighted by molar-refractivity contribution is 5.56. The first-order valence-electron chi connectivity index (χ1n) is 2.59. The van der Waals surface area contributed by atoms with Gasteiger partial charge in [-0.15, -0.1) is 0 Å². The molecule has 0 fully saturated rings. The first-order valence-corrected chi connectivity index (χ1v) is 2.59. The van der Waals surface area contributed by atoms with Crippen LogP contribution in [0.4, 0.5) is 0 Å². The second-order valence-corrected chi connectivity index (χ2v) is 1.86. The Morgan fingerprint density at radius 3 is 1.89 bits per heavy atom. The molecule has 0 bridgehead atoms. The van der Waals surface area contributed by atoms with Gasteiger partial charge in [-0.05, 0) is 6.92 Å². The van der Waals surface area contributed by atoms with E-state index in [1.165, 1.54) is 6.92 Å². The molecule has 3 N–H and O–H groups in total. The quantitative estimate of drug-likeness (QED) is 0.401. The maximum Gasteiger partial charge on any atom is 0.151 e. The number of carbonyl (C=O) groups excluding carboxylic acids is 1. The zero-order valence-corrected chi connectivity index (χ0v) is 5.06. The summed E-state index contributed by atoms with van der Waals surface area (Å²) >= 11 is 0. The lowest BCUT2D eigenvalue weighted by Gasteiger charge is -2.14. The van der Waals surface area contributed by atoms with Crippen LogP contribution in [0.25, 0.3) is 0 Å². The second kappa shape index (κ2) is 3.55. The molecule has 0 aromatic carbocycles. The van der Waals surface area contributed by atoms with Gasteiger partial charge in [-0.3, -0.25) is 0 Å². The van der Waals surface area contributed by atoms with E-state index in [4.69, 9.17) is 15.3 Å². The molecule has 0 heterocycles. The summed E-state index contributed by atoms with van der Waals surface area (Å²) in [6.45, 7) is 1.29. The minimum atomic E-state index is -1.48. The normalized spacial score (nSPS) is 20.4. The molecule has 9 heavy (non-hydrogen) atoms. The van der Waals surface area contributed by atoms with E-state index >= 15 is 0 Å². The molecule has 0 unspecified atom stereocenters. The number of hydrogen-bond donors (Lipinski definition) is 3. The summed E-state index contributed by atoms with van der Waals surface area (Å²) in [6.07, 6.45) is -3.75. The molecule has 0 spiro atoms. The molecule has 0 aromatic heterocycles. The first kappa shape index (κ1) is 8.55. The van der Waals surface area contributed by atoms with Gasteiger partial charge < -0.3 is 20.1 Å². The van der Waals surface area contributed by atoms with Gasteiger partial charge in [0.15, 0.2) is 6.29 Å². The van der Waals surface area contributed by atoms with Crippen LogP contribution < -0.4 is 0 Å². The van der Waals surface area contributed by atoms with E-state index in [-0.39, 0.29) is 6.29 Å². The van der Waals surface area contributed by atoms with Gasteiger partial charge in [0.05, 0.1) is 6.10 Å². The minimum absolute atomic E-state index is 0.178. The van der Waals surface area contributed by atoms with Crippen LogP contribution in [0.15, 0.2) is 0 Å². The number of aldehydes is 1. The van der Waals surface area contributed by atoms with Crippen LogP contribution >= 0.6 is 0 Å². The van der Waals surface area contributed by atoms with Crippen molar-refractivity contribution in [3.63, 3.8) is 0 Å². The van der Waals surface area contributed by atoms with Crippen LogP contribution in [0.2, 0.25) is 0 Å². The predicted octanol–water partition coefficient (Wildman–Crippen LogP) is -1.71. The molecule has 3 atom stereocenters. The lowest BCUT2D eigenvalue weighted by Crippen LogP contribution is -2.36. The van der Waals surface area contributed by atoms with E-state index in [9.17, 15) is 4.79 Å². The third kappa shape index (κ3) is 2.55. The van der Waals surface area contributed by atoms with Crippen molar-refractivity contribution in [1.29, 1.82) is 0 Å². The molecule has 0 amide bonds. The third-order valence-electron chi connectivity index (χ3n) is 0.984. The molecular formula is C5H10O4. The first-order chi connectivity index (χ1) is 4.09. The van der Waals surface area contributed by atoms with E-state index < -0.39 is 18.3 Å². The zero-order chi connectivity index (χ0) is 7.44. The Hall–Kier alpha value is -0.450. The zero-order valence-electron chi connectivity index (χ0n) is 5.06. The number of aliphatic hydroxyl groups is 3. The van der Waals surface area contributed by atoms with Gasteiger partial charge in [-0.1, -0.05) is 0 Å². The van der Waals surface area contributed by atoms with Crippen molar-refractivity contribution >= 4 is 6.29 Å². The van der Waals surface area contributed by atoms with Crippen molar-refractivity contribution in [1.82, 2.24) is 0 Å². The molecule has 0 aliphatic heterocycles. The summed E-state index contributed by atoms with van der Waals surface area (Å²) in [6, 6.07) is 0. The van der Waals surface area contributed by atoms with Crippen LogP contribution in [-0.2, 0) is 4.79 Å². The molecule has 0 saturated heterocycles. The lowest BCUT2D eigenvalue weighted by atomic mass is 10.1. The van der Waals surface area contributed by atoms with Gasteiger partial charge in [0.25, 0.3) is 0 Å². The van der Waals surface area contributed by atoms with Gasteiger partial charge >= 0.3 is 0 Å². The summed E-state index contributed by atoms with van der Waals surface area (Å²) in [7, 11) is 0. The van der Waals surface area contributed by atoms with Crippen LogP contribution in [0.1, 0.15) is 6.92 Å². The number of aliphatic hydroxyl groups excluding tert-OH is 3. The molecule has 0 saturated carbocycles. The Bertz CT molecular complexity index is 91.0. The van der Waals surface area contributed by atoms with Gasteiger partial charge in [-0.2, -0.15) is 0 Å². The number of carbonyl (C=O) groups is 1. The largest absolute Gasteiger partial charge is 0.391 e. The average molecular weight is 134 g/mol. The average Bonchev–Trinajstić information content (AvgIpc) is 1.84. The van der Waals surface area contributed by atoms with E-state index in [0.29, 0.717) is 0 Å². The van der Waals surface area contributed by atoms with Crippen molar-refractivity contribution in [3.8, 4) is 0 Å². The Labute approximate surface area is 52.7 Å². The maximum absolute atomic E-state index is 9.73. The Morgan fingerprint density at radius 2 is 1.78 bits per heavy atom. The molecule has 54 valence electrons. The molecule has 0 aromatic rings. The molecule has 0 rings (SSSR count). The van der Waals surface area contributed by atoms with Crippen molar-refractivity contribution in [2.75, 3.05) is 0 Å². The molecule has 4 nitrogen and oxygen atoms in total. The highest BCUT2D eigenvalue weighted by atomic mass is 16.4. The maximum atomic E-state index is 9.73. The summed E-state index contributed by atoms with van der Waals surface area (Å²) in [5.74, 6) is 0. The molecular weight excluding hydrogens is 124 g/mol. The van der Waals surface area contributed by atoms with E-state index in [0.717, 1.165) is 0 Å². The van der Waals surface area contributed by atoms with E-state index in [1.807, 2.05) is 0 Å². The van der Waals surface area contributed by atoms with Crippen LogP contribution in [-0.4, -0.2) is 39.9 Å². The molecule has 0 aliphatic carbocycles. The Kier molecular flexibility index (Phi) is 3.37. The Balaban J connectivity index is 3.71. The van der Waals surface area contributed by atoms with Crippen molar-refractivity contribution in [2.24, 2.45) is 0 Å². The SMILES string of the molecule is C[C@@H](O)[C@H](O)[C@@H](O)C=O. The monoisotopic (exact) mass is 134 g/mol. The highest BCUT2D eigenvalue weighted by Gasteiger charge is 2.19. The fourth-order valence-electron chi connectivity index (χ4n) is 0.366. The fraction of sp³-hybridized carbons (Fsp3) is 0.800. The van der Waals surface area contributed by atoms with E-state index in [2.05, 4.69) is 0 Å². The van der Waals surface area contributed by atoms with E-state index in [1.54, 1.807) is 0 Å². The van der Waals surface area contributed by atoms with Gasteiger partial charge in [0.2, 0.25) is 0 Å². The lowest BCUT2D eigenvalue weighted by molar-refractivity contribution is -0.125. The van der Waals surface area contributed by atoms with Gasteiger partial charge in [0.1, 0.15) is 12.2 Å². The summed E-state index contributed by atoms with van der Waals surface area (Å²) < 4.78 is 0. The number of hydrogen-bond acceptors (Lipinski definition) is 4. The van der Waals surface area contributed by atoms with Crippen LogP contribution in [0.5, 0.6) is 0 Å². The second-order valence-electron chi connectivity index (χ2n) is 1.86. The van der Waals surface area contributed by atoms with Crippen LogP contribution in [0.3, 0.4) is 0 Å². The summed E-state index contributed by atoms with van der Waals surface area (Å²) in [5.41, 5.74) is 0. The number of rotatable bonds is 3. The summed E-state index contributed by atoms with van der Waals surface area (Å²) in [4.78, 5) is 9.73. The summed E-state index contributed by atoms with van der Waals surface area (Å²) in [5, 5.41) is 25.7. The fourth-order valence-corrected chi connectivity index (χ4v) is 0.366. The highest BCUT2D eigenvalue weighted by Crippen LogP contribution is 1.95. The van der Waals surface area contributed by atoms with Crippen molar-refractivity contribution < 1.29 is 20.1 Å². The smallest absolute Gasteiger partial charge is 0.151 e. The molecule has 0 aliphatic rings. The third-order valence-corrected chi connectivity index (χ3v) is 0.984. The van der Waals surface area contributed by atoms with Crippen molar-refractivity contribution in [2.45, 2.75) is 25.2 Å². The predicted molar refractivity (Wildman–Crippen MR) is 29.8 cm³/mol. The minimum Gasteiger partial charge on any atom is -0.391 e. The molecule has 4 heteroatoms. The topological polar surface area (TPSA) is 77.8 Å².